The normalized spacial score (nSPS) is 17.4. The van der Waals surface area contributed by atoms with E-state index < -0.39 is 0 Å². The largest absolute Gasteiger partial charge is 0.347 e. The molecule has 0 spiro atoms. The van der Waals surface area contributed by atoms with Gasteiger partial charge < -0.3 is 9.88 Å². The van der Waals surface area contributed by atoms with Crippen molar-refractivity contribution in [3.05, 3.63) is 36.0 Å². The molecule has 2 heteroatoms. The monoisotopic (exact) mass is 242 g/mol. The summed E-state index contributed by atoms with van der Waals surface area (Å²) < 4.78 is 2.36. The highest BCUT2D eigenvalue weighted by molar-refractivity contribution is 5.81. The maximum atomic E-state index is 3.44. The number of benzene rings is 1. The molecule has 18 heavy (non-hydrogen) atoms. The Balaban J connectivity index is 1.91. The average Bonchev–Trinajstić information content (AvgIpc) is 2.83. The molecule has 1 saturated heterocycles. The Bertz CT molecular complexity index is 521. The van der Waals surface area contributed by atoms with Crippen LogP contribution in [0.1, 0.15) is 37.7 Å². The van der Waals surface area contributed by atoms with Gasteiger partial charge in [0, 0.05) is 18.3 Å². The van der Waals surface area contributed by atoms with Crippen molar-refractivity contribution < 1.29 is 0 Å². The van der Waals surface area contributed by atoms with E-state index in [4.69, 9.17) is 0 Å². The highest BCUT2D eigenvalue weighted by atomic mass is 14.9. The molecule has 0 amide bonds. The summed E-state index contributed by atoms with van der Waals surface area (Å²) in [5.41, 5.74) is 2.91. The first-order valence-electron chi connectivity index (χ1n) is 7.18. The van der Waals surface area contributed by atoms with Crippen LogP contribution in [0, 0.1) is 0 Å². The van der Waals surface area contributed by atoms with Crippen molar-refractivity contribution in [1.29, 1.82) is 0 Å². The highest BCUT2D eigenvalue weighted by Crippen LogP contribution is 2.28. The summed E-state index contributed by atoms with van der Waals surface area (Å²) in [6.45, 7) is 5.69. The summed E-state index contributed by atoms with van der Waals surface area (Å²) in [4.78, 5) is 0. The van der Waals surface area contributed by atoms with Crippen LogP contribution in [0.15, 0.2) is 30.5 Å². The zero-order chi connectivity index (χ0) is 12.4. The molecule has 2 aromatic rings. The van der Waals surface area contributed by atoms with Gasteiger partial charge in [0.05, 0.1) is 0 Å². The zero-order valence-corrected chi connectivity index (χ0v) is 11.2. The fourth-order valence-electron chi connectivity index (χ4n) is 3.06. The molecular formula is C16H22N2. The third-order valence-electron chi connectivity index (χ3n) is 4.07. The lowest BCUT2D eigenvalue weighted by Crippen LogP contribution is -2.26. The van der Waals surface area contributed by atoms with Crippen LogP contribution < -0.4 is 5.32 Å². The van der Waals surface area contributed by atoms with Crippen LogP contribution in [0.25, 0.3) is 10.9 Å². The van der Waals surface area contributed by atoms with Crippen LogP contribution in [0.4, 0.5) is 0 Å². The molecule has 0 radical (unpaired) electrons. The maximum Gasteiger partial charge on any atom is 0.0480 e. The molecule has 0 aliphatic carbocycles. The van der Waals surface area contributed by atoms with Crippen molar-refractivity contribution in [3.63, 3.8) is 0 Å². The third kappa shape index (κ3) is 2.17. The van der Waals surface area contributed by atoms with Gasteiger partial charge >= 0.3 is 0 Å². The van der Waals surface area contributed by atoms with Crippen molar-refractivity contribution in [2.75, 3.05) is 13.1 Å². The van der Waals surface area contributed by atoms with Crippen LogP contribution >= 0.6 is 0 Å². The standard InChI is InChI=1S/C16H22N2/c1-2-10-18-11-7-15-12-14(3-4-16(15)18)13-5-8-17-9-6-13/h3-4,7,11-13,17H,2,5-6,8-10H2,1H3. The van der Waals surface area contributed by atoms with Gasteiger partial charge in [0.2, 0.25) is 0 Å². The topological polar surface area (TPSA) is 17.0 Å². The van der Waals surface area contributed by atoms with Crippen molar-refractivity contribution in [2.24, 2.45) is 0 Å². The summed E-state index contributed by atoms with van der Waals surface area (Å²) >= 11 is 0. The first-order chi connectivity index (χ1) is 8.88. The number of nitrogens with zero attached hydrogens (tertiary/aromatic N) is 1. The van der Waals surface area contributed by atoms with E-state index in [1.807, 2.05) is 0 Å². The first-order valence-corrected chi connectivity index (χ1v) is 7.18. The zero-order valence-electron chi connectivity index (χ0n) is 11.2. The smallest absolute Gasteiger partial charge is 0.0480 e. The fourth-order valence-corrected chi connectivity index (χ4v) is 3.06. The minimum Gasteiger partial charge on any atom is -0.347 e. The number of hydrogen-bond acceptors (Lipinski definition) is 1. The van der Waals surface area contributed by atoms with Gasteiger partial charge in [0.1, 0.15) is 0 Å². The first kappa shape index (κ1) is 11.8. The molecule has 0 atom stereocenters. The molecule has 0 unspecified atom stereocenters. The Kier molecular flexibility index (Phi) is 3.37. The number of aryl methyl sites for hydroxylation is 1. The lowest BCUT2D eigenvalue weighted by molar-refractivity contribution is 0.460. The van der Waals surface area contributed by atoms with E-state index in [1.54, 1.807) is 0 Å². The van der Waals surface area contributed by atoms with Gasteiger partial charge in [-0.15, -0.1) is 0 Å². The molecule has 2 nitrogen and oxygen atoms in total. The second kappa shape index (κ2) is 5.15. The lowest BCUT2D eigenvalue weighted by atomic mass is 9.90. The highest BCUT2D eigenvalue weighted by Gasteiger charge is 2.15. The van der Waals surface area contributed by atoms with Gasteiger partial charge in [-0.05, 0) is 67.4 Å². The Labute approximate surface area is 109 Å². The molecule has 0 saturated carbocycles. The number of nitrogens with one attached hydrogen (secondary N) is 1. The molecule has 1 fully saturated rings. The van der Waals surface area contributed by atoms with Gasteiger partial charge in [0.15, 0.2) is 0 Å². The predicted molar refractivity (Wildman–Crippen MR) is 77.1 cm³/mol. The van der Waals surface area contributed by atoms with Gasteiger partial charge in [-0.1, -0.05) is 13.0 Å². The van der Waals surface area contributed by atoms with Crippen molar-refractivity contribution in [3.8, 4) is 0 Å². The summed E-state index contributed by atoms with van der Waals surface area (Å²) in [6, 6.07) is 9.31. The number of piperidine rings is 1. The second-order valence-corrected chi connectivity index (χ2v) is 5.35. The minimum atomic E-state index is 0.755. The average molecular weight is 242 g/mol. The summed E-state index contributed by atoms with van der Waals surface area (Å²) in [5.74, 6) is 0.755. The van der Waals surface area contributed by atoms with E-state index in [2.05, 4.69) is 47.3 Å². The number of hydrogen-bond donors (Lipinski definition) is 1. The summed E-state index contributed by atoms with van der Waals surface area (Å²) in [5, 5.41) is 4.84. The van der Waals surface area contributed by atoms with Crippen LogP contribution in [0.5, 0.6) is 0 Å². The van der Waals surface area contributed by atoms with Crippen molar-refractivity contribution >= 4 is 10.9 Å². The quantitative estimate of drug-likeness (QED) is 0.871. The van der Waals surface area contributed by atoms with Crippen LogP contribution in [0.2, 0.25) is 0 Å². The maximum absolute atomic E-state index is 3.44. The fraction of sp³-hybridized carbons (Fsp3) is 0.500. The van der Waals surface area contributed by atoms with Crippen LogP contribution in [0.3, 0.4) is 0 Å². The second-order valence-electron chi connectivity index (χ2n) is 5.35. The summed E-state index contributed by atoms with van der Waals surface area (Å²) in [6.07, 6.45) is 5.97. The third-order valence-corrected chi connectivity index (χ3v) is 4.07. The molecule has 1 aromatic carbocycles. The van der Waals surface area contributed by atoms with Crippen molar-refractivity contribution in [1.82, 2.24) is 9.88 Å². The number of fused-ring (bicyclic) bond motifs is 1. The van der Waals surface area contributed by atoms with E-state index in [0.29, 0.717) is 0 Å². The molecular weight excluding hydrogens is 220 g/mol. The molecule has 1 N–H and O–H groups in total. The van der Waals surface area contributed by atoms with E-state index >= 15 is 0 Å². The van der Waals surface area contributed by atoms with E-state index in [1.165, 1.54) is 48.8 Å². The molecule has 2 heterocycles. The Morgan fingerprint density at radius 1 is 1.22 bits per heavy atom. The molecule has 1 aliphatic rings. The van der Waals surface area contributed by atoms with E-state index in [0.717, 1.165) is 12.5 Å². The van der Waals surface area contributed by atoms with Crippen molar-refractivity contribution in [2.45, 2.75) is 38.6 Å². The molecule has 0 bridgehead atoms. The lowest BCUT2D eigenvalue weighted by Gasteiger charge is -2.23. The van der Waals surface area contributed by atoms with E-state index in [-0.39, 0.29) is 0 Å². The molecule has 1 aliphatic heterocycles. The van der Waals surface area contributed by atoms with Gasteiger partial charge in [0.25, 0.3) is 0 Å². The molecule has 1 aromatic heterocycles. The summed E-state index contributed by atoms with van der Waals surface area (Å²) in [7, 11) is 0. The minimum absolute atomic E-state index is 0.755. The Hall–Kier alpha value is -1.28. The van der Waals surface area contributed by atoms with Crippen LogP contribution in [-0.4, -0.2) is 17.7 Å². The predicted octanol–water partition coefficient (Wildman–Crippen LogP) is 3.52. The van der Waals surface area contributed by atoms with Crippen LogP contribution in [-0.2, 0) is 6.54 Å². The molecule has 3 rings (SSSR count). The van der Waals surface area contributed by atoms with Gasteiger partial charge in [-0.2, -0.15) is 0 Å². The van der Waals surface area contributed by atoms with Gasteiger partial charge in [-0.3, -0.25) is 0 Å². The number of aromatic nitrogens is 1. The van der Waals surface area contributed by atoms with E-state index in [9.17, 15) is 0 Å². The Morgan fingerprint density at radius 3 is 2.83 bits per heavy atom. The Morgan fingerprint density at radius 2 is 2.06 bits per heavy atom. The SMILES string of the molecule is CCCn1ccc2cc(C3CCNCC3)ccc21. The number of rotatable bonds is 3. The van der Waals surface area contributed by atoms with Gasteiger partial charge in [-0.25, -0.2) is 0 Å². The molecule has 96 valence electrons.